The zero-order valence-electron chi connectivity index (χ0n) is 18.8. The lowest BCUT2D eigenvalue weighted by Gasteiger charge is -2.36. The fourth-order valence-corrected chi connectivity index (χ4v) is 3.41. The first-order valence-electron chi connectivity index (χ1n) is 9.98. The van der Waals surface area contributed by atoms with Crippen LogP contribution in [0.3, 0.4) is 0 Å². The summed E-state index contributed by atoms with van der Waals surface area (Å²) in [6, 6.07) is 9.80. The predicted octanol–water partition coefficient (Wildman–Crippen LogP) is 5.25. The van der Waals surface area contributed by atoms with Crippen molar-refractivity contribution in [1.82, 2.24) is 0 Å². The van der Waals surface area contributed by atoms with Crippen LogP contribution in [0.15, 0.2) is 59.6 Å². The Labute approximate surface area is 184 Å². The van der Waals surface area contributed by atoms with Crippen LogP contribution in [0.4, 0.5) is 0 Å². The van der Waals surface area contributed by atoms with Gasteiger partial charge in [0.15, 0.2) is 5.76 Å². The molecule has 166 valence electrons. The molecule has 31 heavy (non-hydrogen) atoms. The fraction of sp³-hybridized carbons (Fsp3) is 0.391. The number of carbonyl (C=O) groups excluding carboxylic acids is 1. The Kier molecular flexibility index (Phi) is 8.16. The maximum absolute atomic E-state index is 12.5. The average molecular weight is 443 g/mol. The second kappa shape index (κ2) is 10.4. The Morgan fingerprint density at radius 3 is 2.29 bits per heavy atom. The van der Waals surface area contributed by atoms with Crippen LogP contribution in [-0.4, -0.2) is 24.8 Å². The molecule has 0 radical (unpaired) electrons. The van der Waals surface area contributed by atoms with Crippen LogP contribution in [0.5, 0.6) is 0 Å². The van der Waals surface area contributed by atoms with Crippen molar-refractivity contribution in [3.05, 3.63) is 77.4 Å². The molecule has 1 aromatic carbocycles. The summed E-state index contributed by atoms with van der Waals surface area (Å²) in [5.74, 6) is -0.832. The summed E-state index contributed by atoms with van der Waals surface area (Å²) in [5, 5.41) is -0.105. The highest BCUT2D eigenvalue weighted by molar-refractivity contribution is 6.74. The van der Waals surface area contributed by atoms with Crippen LogP contribution in [0.1, 0.15) is 37.5 Å². The molecule has 1 heterocycles. The van der Waals surface area contributed by atoms with E-state index in [2.05, 4.69) is 32.1 Å². The van der Waals surface area contributed by atoms with Crippen molar-refractivity contribution in [2.45, 2.75) is 58.7 Å². The molecule has 0 bridgehead atoms. The van der Waals surface area contributed by atoms with Crippen LogP contribution in [0.2, 0.25) is 18.1 Å². The zero-order valence-corrected chi connectivity index (χ0v) is 19.8. The van der Waals surface area contributed by atoms with Gasteiger partial charge >= 0.3 is 11.7 Å². The molecule has 0 aliphatic carbocycles. The normalized spacial score (nSPS) is 11.5. The van der Waals surface area contributed by atoms with Crippen molar-refractivity contribution in [2.24, 2.45) is 0 Å². The van der Waals surface area contributed by atoms with Gasteiger partial charge in [-0.25, -0.2) is 4.79 Å². The Hall–Kier alpha value is -2.93. The van der Waals surface area contributed by atoms with Crippen molar-refractivity contribution < 1.29 is 27.9 Å². The number of nitrogens with zero attached hydrogens (tertiary/aromatic N) is 2. The highest BCUT2D eigenvalue weighted by Crippen LogP contribution is 2.37. The van der Waals surface area contributed by atoms with E-state index in [-0.39, 0.29) is 23.1 Å². The Morgan fingerprint density at radius 1 is 1.10 bits per heavy atom. The van der Waals surface area contributed by atoms with Crippen molar-refractivity contribution in [1.29, 1.82) is 0 Å². The SMILES string of the molecule is C=C(O[Si](C)(C)C(C)(C)C)C(=[N+]=[N-])C(=O)OCc1cocc1COCc1ccccc1. The van der Waals surface area contributed by atoms with Gasteiger partial charge in [0.1, 0.15) is 6.61 Å². The molecule has 8 heteroatoms. The van der Waals surface area contributed by atoms with Gasteiger partial charge in [-0.2, -0.15) is 4.79 Å². The van der Waals surface area contributed by atoms with E-state index < -0.39 is 14.3 Å². The van der Waals surface area contributed by atoms with Gasteiger partial charge < -0.3 is 23.8 Å². The number of benzene rings is 1. The number of carbonyl (C=O) groups is 1. The van der Waals surface area contributed by atoms with Crippen LogP contribution >= 0.6 is 0 Å². The maximum atomic E-state index is 12.5. The van der Waals surface area contributed by atoms with Gasteiger partial charge in [0, 0.05) is 11.1 Å². The smallest absolute Gasteiger partial charge is 0.438 e. The maximum Gasteiger partial charge on any atom is 0.438 e. The summed E-state index contributed by atoms with van der Waals surface area (Å²) in [4.78, 5) is 15.5. The lowest BCUT2D eigenvalue weighted by atomic mass is 10.2. The van der Waals surface area contributed by atoms with E-state index in [1.165, 1.54) is 6.26 Å². The predicted molar refractivity (Wildman–Crippen MR) is 119 cm³/mol. The molecule has 1 aromatic heterocycles. The summed E-state index contributed by atoms with van der Waals surface area (Å²) in [5.41, 5.74) is 11.5. The fourth-order valence-electron chi connectivity index (χ4n) is 2.39. The number of ether oxygens (including phenoxy) is 2. The summed E-state index contributed by atoms with van der Waals surface area (Å²) in [7, 11) is -2.25. The van der Waals surface area contributed by atoms with Gasteiger partial charge in [-0.05, 0) is 30.3 Å². The molecule has 0 unspecified atom stereocenters. The van der Waals surface area contributed by atoms with E-state index in [1.54, 1.807) is 6.26 Å². The monoisotopic (exact) mass is 442 g/mol. The van der Waals surface area contributed by atoms with E-state index in [0.29, 0.717) is 18.8 Å². The molecule has 0 aliphatic rings. The number of hydrogen-bond donors (Lipinski definition) is 0. The van der Waals surface area contributed by atoms with Crippen LogP contribution in [0.25, 0.3) is 5.53 Å². The lowest BCUT2D eigenvalue weighted by Crippen LogP contribution is -2.42. The largest absolute Gasteiger partial charge is 0.538 e. The average Bonchev–Trinajstić information content (AvgIpc) is 3.14. The van der Waals surface area contributed by atoms with Gasteiger partial charge in [0.25, 0.3) is 8.32 Å². The third-order valence-electron chi connectivity index (χ3n) is 5.30. The minimum Gasteiger partial charge on any atom is -0.538 e. The minimum absolute atomic E-state index is 0.00213. The van der Waals surface area contributed by atoms with Gasteiger partial charge in [-0.3, -0.25) is 0 Å². The molecule has 0 aliphatic heterocycles. The third-order valence-corrected chi connectivity index (χ3v) is 9.67. The molecule has 2 rings (SSSR count). The standard InChI is InChI=1S/C23H30N2O5Si/c1-17(30-31(5,6)23(2,3)4)21(25-24)22(26)29-16-20-15-28-14-19(20)13-27-12-18-10-8-7-9-11-18/h7-11,14-15H,1,12-13,16H2,2-6H3. The van der Waals surface area contributed by atoms with Gasteiger partial charge in [0.2, 0.25) is 0 Å². The van der Waals surface area contributed by atoms with Gasteiger partial charge in [-0.1, -0.05) is 51.1 Å². The summed E-state index contributed by atoms with van der Waals surface area (Å²) in [6.45, 7) is 14.6. The Bertz CT molecular complexity index is 954. The molecule has 2 aromatic rings. The van der Waals surface area contributed by atoms with E-state index in [4.69, 9.17) is 18.3 Å². The molecule has 7 nitrogen and oxygen atoms in total. The molecular formula is C23H30N2O5Si. The third kappa shape index (κ3) is 6.78. The van der Waals surface area contributed by atoms with Gasteiger partial charge in [0.05, 0.1) is 25.7 Å². The quantitative estimate of drug-likeness (QED) is 0.125. The van der Waals surface area contributed by atoms with E-state index in [9.17, 15) is 10.3 Å². The molecule has 0 saturated heterocycles. The topological polar surface area (TPSA) is 94.3 Å². The molecule has 0 N–H and O–H groups in total. The first-order chi connectivity index (χ1) is 14.5. The van der Waals surface area contributed by atoms with E-state index in [0.717, 1.165) is 11.1 Å². The zero-order chi connectivity index (χ0) is 23.1. The Balaban J connectivity index is 1.92. The number of esters is 1. The summed E-state index contributed by atoms with van der Waals surface area (Å²) >= 11 is 0. The first kappa shape index (κ1) is 24.3. The molecule has 0 saturated carbocycles. The molecular weight excluding hydrogens is 412 g/mol. The second-order valence-electron chi connectivity index (χ2n) is 8.71. The van der Waals surface area contributed by atoms with Crippen molar-refractivity contribution >= 4 is 20.0 Å². The first-order valence-corrected chi connectivity index (χ1v) is 12.9. The van der Waals surface area contributed by atoms with Gasteiger partial charge in [-0.15, -0.1) is 0 Å². The Morgan fingerprint density at radius 2 is 1.71 bits per heavy atom. The highest BCUT2D eigenvalue weighted by Gasteiger charge is 2.42. The minimum atomic E-state index is -2.25. The van der Waals surface area contributed by atoms with Crippen LogP contribution in [-0.2, 0) is 38.5 Å². The van der Waals surface area contributed by atoms with Crippen LogP contribution < -0.4 is 0 Å². The van der Waals surface area contributed by atoms with E-state index >= 15 is 0 Å². The molecule has 0 fully saturated rings. The highest BCUT2D eigenvalue weighted by atomic mass is 28.4. The molecule has 0 spiro atoms. The lowest BCUT2D eigenvalue weighted by molar-refractivity contribution is -0.141. The van der Waals surface area contributed by atoms with Crippen molar-refractivity contribution in [3.63, 3.8) is 0 Å². The molecule has 0 atom stereocenters. The number of rotatable bonds is 10. The van der Waals surface area contributed by atoms with E-state index in [1.807, 2.05) is 43.4 Å². The van der Waals surface area contributed by atoms with Crippen molar-refractivity contribution in [3.8, 4) is 0 Å². The summed E-state index contributed by atoms with van der Waals surface area (Å²) in [6.07, 6.45) is 3.04. The number of furan rings is 1. The van der Waals surface area contributed by atoms with Crippen LogP contribution in [0, 0.1) is 0 Å². The molecule has 0 amide bonds. The summed E-state index contributed by atoms with van der Waals surface area (Å²) < 4.78 is 22.2. The van der Waals surface area contributed by atoms with Crippen molar-refractivity contribution in [2.75, 3.05) is 0 Å². The number of hydrogen-bond acceptors (Lipinski definition) is 5. The second-order valence-corrected chi connectivity index (χ2v) is 13.4.